The van der Waals surface area contributed by atoms with E-state index in [-0.39, 0.29) is 35.9 Å². The van der Waals surface area contributed by atoms with Crippen LogP contribution in [0.1, 0.15) is 66.8 Å². The minimum absolute atomic E-state index is 0.0169. The lowest BCUT2D eigenvalue weighted by Crippen LogP contribution is -2.49. The van der Waals surface area contributed by atoms with Crippen molar-refractivity contribution in [2.24, 2.45) is 5.92 Å². The second-order valence-electron chi connectivity index (χ2n) is 10.6. The molecule has 2 amide bonds. The third-order valence-corrected chi connectivity index (χ3v) is 6.46. The molecule has 0 fully saturated rings. The second-order valence-corrected chi connectivity index (χ2v) is 10.6. The predicted octanol–water partition coefficient (Wildman–Crippen LogP) is 4.83. The highest BCUT2D eigenvalue weighted by Gasteiger charge is 2.25. The number of benzene rings is 2. The van der Waals surface area contributed by atoms with Crippen molar-refractivity contribution < 1.29 is 27.9 Å². The monoisotopic (exact) mass is 570 g/mol. The van der Waals surface area contributed by atoms with Gasteiger partial charge in [0.15, 0.2) is 0 Å². The summed E-state index contributed by atoms with van der Waals surface area (Å²) in [7, 11) is 0. The lowest BCUT2D eigenvalue weighted by molar-refractivity contribution is 0.0755. The molecule has 0 aliphatic rings. The Hall–Kier alpha value is -3.63. The molecule has 41 heavy (non-hydrogen) atoms. The Kier molecular flexibility index (Phi) is 12.0. The van der Waals surface area contributed by atoms with E-state index >= 15 is 0 Å². The van der Waals surface area contributed by atoms with Crippen molar-refractivity contribution in [3.8, 4) is 11.5 Å². The van der Waals surface area contributed by atoms with Crippen LogP contribution >= 0.6 is 0 Å². The molecule has 2 atom stereocenters. The van der Waals surface area contributed by atoms with Gasteiger partial charge in [-0.1, -0.05) is 27.7 Å². The average molecular weight is 571 g/mol. The molecule has 3 aromatic rings. The van der Waals surface area contributed by atoms with Gasteiger partial charge in [0.2, 0.25) is 5.89 Å². The molecule has 10 heteroatoms. The lowest BCUT2D eigenvalue weighted by atomic mass is 9.99. The highest BCUT2D eigenvalue weighted by Crippen LogP contribution is 2.23. The largest absolute Gasteiger partial charge is 0.445 e. The highest BCUT2D eigenvalue weighted by atomic mass is 19.1. The minimum Gasteiger partial charge on any atom is -0.445 e. The van der Waals surface area contributed by atoms with E-state index < -0.39 is 29.7 Å². The Morgan fingerprint density at radius 1 is 0.976 bits per heavy atom. The molecule has 0 radical (unpaired) electrons. The van der Waals surface area contributed by atoms with Gasteiger partial charge in [0.25, 0.3) is 11.8 Å². The zero-order valence-corrected chi connectivity index (χ0v) is 24.1. The summed E-state index contributed by atoms with van der Waals surface area (Å²) in [4.78, 5) is 33.0. The Morgan fingerprint density at radius 3 is 2.22 bits per heavy atom. The fraction of sp³-hybridized carbons (Fsp3) is 0.452. The van der Waals surface area contributed by atoms with E-state index in [0.29, 0.717) is 36.7 Å². The zero-order valence-electron chi connectivity index (χ0n) is 24.1. The molecule has 8 nitrogen and oxygen atoms in total. The van der Waals surface area contributed by atoms with E-state index in [0.717, 1.165) is 18.9 Å². The first kappa shape index (κ1) is 31.9. The van der Waals surface area contributed by atoms with Crippen LogP contribution in [-0.2, 0) is 6.42 Å². The summed E-state index contributed by atoms with van der Waals surface area (Å²) in [5.41, 5.74) is 1.20. The van der Waals surface area contributed by atoms with Crippen molar-refractivity contribution in [1.29, 1.82) is 0 Å². The molecular formula is C31H40F2N4O4. The molecule has 1 heterocycles. The standard InChI is InChI=1S/C31H40F2N4O4/c1-5-8-37(9-6-2)31(40)24-15-22(14-23(16-24)30-35-7-10-41-30)29(39)36-27(28(38)19-34-18-20(3)4)13-21-11-25(32)17-26(33)12-21/h7,10-12,14-17,20,27-28,34,38H,5-6,8-9,13,18-19H2,1-4H3,(H,36,39)/t27-,28+/m0/s1. The van der Waals surface area contributed by atoms with Crippen molar-refractivity contribution in [1.82, 2.24) is 20.5 Å². The summed E-state index contributed by atoms with van der Waals surface area (Å²) in [6.45, 7) is 9.96. The van der Waals surface area contributed by atoms with Gasteiger partial charge in [-0.25, -0.2) is 13.8 Å². The van der Waals surface area contributed by atoms with Gasteiger partial charge in [-0.05, 0) is 67.6 Å². The van der Waals surface area contributed by atoms with Gasteiger partial charge in [0.05, 0.1) is 18.3 Å². The van der Waals surface area contributed by atoms with Crippen molar-refractivity contribution >= 4 is 11.8 Å². The van der Waals surface area contributed by atoms with Gasteiger partial charge in [-0.15, -0.1) is 0 Å². The van der Waals surface area contributed by atoms with Crippen molar-refractivity contribution in [2.45, 2.75) is 59.1 Å². The number of carbonyl (C=O) groups is 2. The number of nitrogens with one attached hydrogen (secondary N) is 2. The first-order chi connectivity index (χ1) is 19.6. The third kappa shape index (κ3) is 9.47. The third-order valence-electron chi connectivity index (χ3n) is 6.46. The molecule has 0 spiro atoms. The highest BCUT2D eigenvalue weighted by molar-refractivity contribution is 6.01. The number of hydrogen-bond acceptors (Lipinski definition) is 6. The number of rotatable bonds is 15. The maximum atomic E-state index is 13.9. The molecular weight excluding hydrogens is 530 g/mol. The van der Waals surface area contributed by atoms with Gasteiger partial charge < -0.3 is 25.1 Å². The minimum atomic E-state index is -1.07. The molecule has 3 N–H and O–H groups in total. The van der Waals surface area contributed by atoms with Crippen molar-refractivity contribution in [2.75, 3.05) is 26.2 Å². The SMILES string of the molecule is CCCN(CCC)C(=O)c1cc(C(=O)N[C@@H](Cc2cc(F)cc(F)c2)[C@H](O)CNCC(C)C)cc(-c2ncco2)c1. The van der Waals surface area contributed by atoms with E-state index in [4.69, 9.17) is 4.42 Å². The first-order valence-corrected chi connectivity index (χ1v) is 14.1. The van der Waals surface area contributed by atoms with Gasteiger partial charge in [-0.2, -0.15) is 0 Å². The van der Waals surface area contributed by atoms with Crippen LogP contribution in [0.3, 0.4) is 0 Å². The molecule has 0 bridgehead atoms. The quantitative estimate of drug-likeness (QED) is 0.242. The summed E-state index contributed by atoms with van der Waals surface area (Å²) >= 11 is 0. The Labute approximate surface area is 240 Å². The maximum Gasteiger partial charge on any atom is 0.253 e. The lowest BCUT2D eigenvalue weighted by Gasteiger charge is -2.26. The molecule has 0 saturated heterocycles. The van der Waals surface area contributed by atoms with Crippen LogP contribution in [0.25, 0.3) is 11.5 Å². The summed E-state index contributed by atoms with van der Waals surface area (Å²) in [5, 5.41) is 17.0. The molecule has 0 saturated carbocycles. The maximum absolute atomic E-state index is 13.9. The number of amides is 2. The Bertz CT molecular complexity index is 1260. The van der Waals surface area contributed by atoms with E-state index in [1.165, 1.54) is 30.7 Å². The number of nitrogens with zero attached hydrogens (tertiary/aromatic N) is 2. The van der Waals surface area contributed by atoms with Gasteiger partial charge in [0.1, 0.15) is 17.9 Å². The molecule has 1 aromatic heterocycles. The molecule has 3 rings (SSSR count). The van der Waals surface area contributed by atoms with Crippen molar-refractivity contribution in [3.63, 3.8) is 0 Å². The molecule has 222 valence electrons. The molecule has 0 unspecified atom stereocenters. The van der Waals surface area contributed by atoms with E-state index in [2.05, 4.69) is 15.6 Å². The van der Waals surface area contributed by atoms with Crippen LogP contribution in [0.15, 0.2) is 53.3 Å². The second kappa shape index (κ2) is 15.4. The number of hydrogen-bond donors (Lipinski definition) is 3. The van der Waals surface area contributed by atoms with Crippen LogP contribution in [0.4, 0.5) is 8.78 Å². The number of halogens is 2. The summed E-state index contributed by atoms with van der Waals surface area (Å²) in [5.74, 6) is -1.70. The number of aliphatic hydroxyl groups is 1. The molecule has 2 aromatic carbocycles. The zero-order chi connectivity index (χ0) is 29.9. The number of oxazole rings is 1. The smallest absolute Gasteiger partial charge is 0.253 e. The summed E-state index contributed by atoms with van der Waals surface area (Å²) in [6.07, 6.45) is 3.35. The van der Waals surface area contributed by atoms with Crippen LogP contribution in [0.5, 0.6) is 0 Å². The van der Waals surface area contributed by atoms with Crippen LogP contribution in [0, 0.1) is 17.6 Å². The summed E-state index contributed by atoms with van der Waals surface area (Å²) < 4.78 is 33.3. The van der Waals surface area contributed by atoms with Crippen LogP contribution in [-0.4, -0.2) is 65.1 Å². The van der Waals surface area contributed by atoms with E-state index in [9.17, 15) is 23.5 Å². The number of aliphatic hydroxyl groups excluding tert-OH is 1. The Morgan fingerprint density at radius 2 is 1.63 bits per heavy atom. The average Bonchev–Trinajstić information content (AvgIpc) is 3.46. The molecule has 0 aliphatic carbocycles. The van der Waals surface area contributed by atoms with Crippen LogP contribution in [0.2, 0.25) is 0 Å². The topological polar surface area (TPSA) is 108 Å². The normalized spacial score (nSPS) is 12.8. The molecule has 0 aliphatic heterocycles. The van der Waals surface area contributed by atoms with Crippen LogP contribution < -0.4 is 10.6 Å². The van der Waals surface area contributed by atoms with E-state index in [1.807, 2.05) is 27.7 Å². The van der Waals surface area contributed by atoms with Gasteiger partial charge in [-0.3, -0.25) is 9.59 Å². The fourth-order valence-corrected chi connectivity index (χ4v) is 4.59. The summed E-state index contributed by atoms with van der Waals surface area (Å²) in [6, 6.07) is 6.93. The number of carbonyl (C=O) groups excluding carboxylic acids is 2. The van der Waals surface area contributed by atoms with E-state index in [1.54, 1.807) is 17.0 Å². The predicted molar refractivity (Wildman–Crippen MR) is 153 cm³/mol. The van der Waals surface area contributed by atoms with Gasteiger partial charge in [0, 0.05) is 42.4 Å². The number of aromatic nitrogens is 1. The Balaban J connectivity index is 1.94. The first-order valence-electron chi connectivity index (χ1n) is 14.1. The fourth-order valence-electron chi connectivity index (χ4n) is 4.59. The van der Waals surface area contributed by atoms with Gasteiger partial charge >= 0.3 is 0 Å². The van der Waals surface area contributed by atoms with Crippen molar-refractivity contribution in [3.05, 3.63) is 77.2 Å².